The molecule has 0 spiro atoms. The van der Waals surface area contributed by atoms with Crippen molar-refractivity contribution in [1.29, 1.82) is 0 Å². The van der Waals surface area contributed by atoms with Crippen molar-refractivity contribution >= 4 is 10.0 Å². The Morgan fingerprint density at radius 3 is 2.53 bits per heavy atom. The van der Waals surface area contributed by atoms with Gasteiger partial charge in [0, 0.05) is 13.2 Å². The molecule has 5 heteroatoms. The van der Waals surface area contributed by atoms with E-state index in [0.29, 0.717) is 11.4 Å². The lowest BCUT2D eigenvalue weighted by molar-refractivity contribution is 0.114. The third-order valence-corrected chi connectivity index (χ3v) is 5.17. The summed E-state index contributed by atoms with van der Waals surface area (Å²) >= 11 is 0. The first-order chi connectivity index (χ1) is 8.90. The van der Waals surface area contributed by atoms with Gasteiger partial charge in [0.2, 0.25) is 10.0 Å². The molecule has 2 rings (SSSR count). The van der Waals surface area contributed by atoms with E-state index in [2.05, 4.69) is 4.72 Å². The van der Waals surface area contributed by atoms with Crippen LogP contribution in [0.2, 0.25) is 0 Å². The maximum absolute atomic E-state index is 12.3. The second-order valence-corrected chi connectivity index (χ2v) is 6.92. The molecule has 0 bridgehead atoms. The van der Waals surface area contributed by atoms with Gasteiger partial charge in [0.15, 0.2) is 0 Å². The number of sulfonamides is 1. The molecule has 1 saturated heterocycles. The van der Waals surface area contributed by atoms with Crippen molar-refractivity contribution in [3.8, 4) is 0 Å². The predicted molar refractivity (Wildman–Crippen MR) is 74.8 cm³/mol. The van der Waals surface area contributed by atoms with Crippen LogP contribution in [0.3, 0.4) is 0 Å². The smallest absolute Gasteiger partial charge is 0.240 e. The molecule has 1 aliphatic rings. The number of hydrogen-bond acceptors (Lipinski definition) is 3. The highest BCUT2D eigenvalue weighted by Crippen LogP contribution is 2.20. The van der Waals surface area contributed by atoms with Gasteiger partial charge in [-0.05, 0) is 56.4 Å². The number of ether oxygens (including phenoxy) is 1. The minimum absolute atomic E-state index is 0.0154. The van der Waals surface area contributed by atoms with Crippen LogP contribution in [0.25, 0.3) is 0 Å². The van der Waals surface area contributed by atoms with Gasteiger partial charge in [0.25, 0.3) is 0 Å². The van der Waals surface area contributed by atoms with Crippen molar-refractivity contribution in [2.45, 2.75) is 44.6 Å². The zero-order chi connectivity index (χ0) is 14.0. The average molecular weight is 283 g/mol. The van der Waals surface area contributed by atoms with Crippen LogP contribution >= 0.6 is 0 Å². The monoisotopic (exact) mass is 283 g/mol. The van der Waals surface area contributed by atoms with Crippen LogP contribution < -0.4 is 4.72 Å². The van der Waals surface area contributed by atoms with E-state index < -0.39 is 10.0 Å². The Bertz CT molecular complexity index is 560. The van der Waals surface area contributed by atoms with Crippen LogP contribution in [0.1, 0.15) is 29.5 Å². The molecule has 1 atom stereocenters. The number of hydrogen-bond donors (Lipinski definition) is 1. The fraction of sp³-hybridized carbons (Fsp3) is 0.571. The minimum Gasteiger partial charge on any atom is -0.377 e. The zero-order valence-corrected chi connectivity index (χ0v) is 12.5. The van der Waals surface area contributed by atoms with E-state index >= 15 is 0 Å². The Labute approximate surface area is 115 Å². The van der Waals surface area contributed by atoms with Crippen LogP contribution in [0.4, 0.5) is 0 Å². The maximum atomic E-state index is 12.3. The zero-order valence-electron chi connectivity index (χ0n) is 11.7. The molecule has 106 valence electrons. The molecule has 0 aromatic heterocycles. The predicted octanol–water partition coefficient (Wildman–Crippen LogP) is 2.07. The lowest BCUT2D eigenvalue weighted by Gasteiger charge is -2.14. The third-order valence-electron chi connectivity index (χ3n) is 3.61. The van der Waals surface area contributed by atoms with Gasteiger partial charge in [0.05, 0.1) is 11.0 Å². The van der Waals surface area contributed by atoms with Crippen molar-refractivity contribution in [3.63, 3.8) is 0 Å². The van der Waals surface area contributed by atoms with Gasteiger partial charge in [-0.3, -0.25) is 0 Å². The van der Waals surface area contributed by atoms with E-state index in [1.54, 1.807) is 6.07 Å². The molecule has 0 saturated carbocycles. The molecule has 0 radical (unpaired) electrons. The van der Waals surface area contributed by atoms with E-state index in [1.165, 1.54) is 0 Å². The van der Waals surface area contributed by atoms with E-state index in [4.69, 9.17) is 4.74 Å². The molecule has 1 aliphatic heterocycles. The highest BCUT2D eigenvalue weighted by atomic mass is 32.2. The lowest BCUT2D eigenvalue weighted by Crippen LogP contribution is -2.32. The van der Waals surface area contributed by atoms with Crippen molar-refractivity contribution in [1.82, 2.24) is 4.72 Å². The summed E-state index contributed by atoms with van der Waals surface area (Å²) in [6.07, 6.45) is 1.95. The van der Waals surface area contributed by atoms with Crippen LogP contribution in [0, 0.1) is 20.8 Å². The standard InChI is InChI=1S/C14H21NO3S/c1-10-7-12(3)14(8-11(10)2)19(16,17)15-9-13-5-4-6-18-13/h7-8,13,15H,4-6,9H2,1-3H3. The number of rotatable bonds is 4. The number of aryl methyl sites for hydroxylation is 3. The highest BCUT2D eigenvalue weighted by molar-refractivity contribution is 7.89. The second-order valence-electron chi connectivity index (χ2n) is 5.19. The third kappa shape index (κ3) is 3.35. The molecule has 1 unspecified atom stereocenters. The topological polar surface area (TPSA) is 55.4 Å². The van der Waals surface area contributed by atoms with Gasteiger partial charge in [-0.1, -0.05) is 6.07 Å². The first-order valence-electron chi connectivity index (χ1n) is 6.59. The summed E-state index contributed by atoms with van der Waals surface area (Å²) in [5, 5.41) is 0. The van der Waals surface area contributed by atoms with Crippen LogP contribution in [-0.4, -0.2) is 27.7 Å². The molecule has 1 aromatic rings. The van der Waals surface area contributed by atoms with Crippen molar-refractivity contribution in [2.24, 2.45) is 0 Å². The first-order valence-corrected chi connectivity index (χ1v) is 8.07. The van der Waals surface area contributed by atoms with Gasteiger partial charge in [-0.25, -0.2) is 13.1 Å². The molecular weight excluding hydrogens is 262 g/mol. The van der Waals surface area contributed by atoms with Gasteiger partial charge < -0.3 is 4.74 Å². The minimum atomic E-state index is -3.45. The van der Waals surface area contributed by atoms with Crippen LogP contribution in [0.5, 0.6) is 0 Å². The summed E-state index contributed by atoms with van der Waals surface area (Å²) in [4.78, 5) is 0.369. The fourth-order valence-corrected chi connectivity index (χ4v) is 3.68. The van der Waals surface area contributed by atoms with E-state index in [0.717, 1.165) is 36.1 Å². The van der Waals surface area contributed by atoms with E-state index in [9.17, 15) is 8.42 Å². The first kappa shape index (κ1) is 14.5. The molecule has 19 heavy (non-hydrogen) atoms. The number of nitrogens with one attached hydrogen (secondary N) is 1. The summed E-state index contributed by atoms with van der Waals surface area (Å²) in [6.45, 7) is 6.82. The van der Waals surface area contributed by atoms with Crippen LogP contribution in [0.15, 0.2) is 17.0 Å². The molecule has 1 fully saturated rings. The molecule has 1 aromatic carbocycles. The van der Waals surface area contributed by atoms with Gasteiger partial charge >= 0.3 is 0 Å². The van der Waals surface area contributed by atoms with Gasteiger partial charge in [0.1, 0.15) is 0 Å². The molecule has 0 aliphatic carbocycles. The second kappa shape index (κ2) is 5.61. The van der Waals surface area contributed by atoms with Crippen molar-refractivity contribution in [2.75, 3.05) is 13.2 Å². The molecule has 0 amide bonds. The Morgan fingerprint density at radius 2 is 1.89 bits per heavy atom. The van der Waals surface area contributed by atoms with Crippen molar-refractivity contribution in [3.05, 3.63) is 28.8 Å². The van der Waals surface area contributed by atoms with E-state index in [-0.39, 0.29) is 6.10 Å². The largest absolute Gasteiger partial charge is 0.377 e. The molecule has 4 nitrogen and oxygen atoms in total. The van der Waals surface area contributed by atoms with Crippen LogP contribution in [-0.2, 0) is 14.8 Å². The quantitative estimate of drug-likeness (QED) is 0.920. The highest BCUT2D eigenvalue weighted by Gasteiger charge is 2.21. The van der Waals surface area contributed by atoms with E-state index in [1.807, 2.05) is 26.8 Å². The summed E-state index contributed by atoms with van der Waals surface area (Å²) < 4.78 is 32.7. The summed E-state index contributed by atoms with van der Waals surface area (Å²) in [6, 6.07) is 3.65. The van der Waals surface area contributed by atoms with Gasteiger partial charge in [-0.2, -0.15) is 0 Å². The Hall–Kier alpha value is -0.910. The fourth-order valence-electron chi connectivity index (χ4n) is 2.31. The Balaban J connectivity index is 2.16. The Kier molecular flexibility index (Phi) is 4.28. The summed E-state index contributed by atoms with van der Waals surface area (Å²) in [7, 11) is -3.45. The molecule has 1 N–H and O–H groups in total. The average Bonchev–Trinajstić information content (AvgIpc) is 2.84. The SMILES string of the molecule is Cc1cc(C)c(S(=O)(=O)NCC2CCCO2)cc1C. The lowest BCUT2D eigenvalue weighted by atomic mass is 10.1. The van der Waals surface area contributed by atoms with Gasteiger partial charge in [-0.15, -0.1) is 0 Å². The normalized spacial score (nSPS) is 19.8. The summed E-state index contributed by atoms with van der Waals surface area (Å²) in [5.41, 5.74) is 2.88. The molecular formula is C14H21NO3S. The Morgan fingerprint density at radius 1 is 1.21 bits per heavy atom. The maximum Gasteiger partial charge on any atom is 0.240 e. The number of benzene rings is 1. The van der Waals surface area contributed by atoms with Crippen molar-refractivity contribution < 1.29 is 13.2 Å². The molecule has 1 heterocycles. The summed E-state index contributed by atoms with van der Waals surface area (Å²) in [5.74, 6) is 0.